The van der Waals surface area contributed by atoms with Crippen LogP contribution in [0.4, 0.5) is 17.3 Å². The van der Waals surface area contributed by atoms with Crippen LogP contribution in [0.5, 0.6) is 0 Å². The van der Waals surface area contributed by atoms with Crippen molar-refractivity contribution in [2.24, 2.45) is 11.1 Å². The topological polar surface area (TPSA) is 228 Å². The van der Waals surface area contributed by atoms with Gasteiger partial charge in [0, 0.05) is 69.1 Å². The lowest BCUT2D eigenvalue weighted by Gasteiger charge is -2.37. The maximum absolute atomic E-state index is 14.1. The van der Waals surface area contributed by atoms with E-state index in [9.17, 15) is 24.3 Å². The minimum atomic E-state index is -0.848. The number of thiazole rings is 1. The molecule has 4 atom stereocenters. The number of nitrogens with two attached hydrogens (primary N) is 2. The lowest BCUT2D eigenvalue weighted by Crippen LogP contribution is -2.57. The van der Waals surface area contributed by atoms with Crippen LogP contribution in [0.25, 0.3) is 10.4 Å². The number of amides is 4. The van der Waals surface area contributed by atoms with E-state index in [-0.39, 0.29) is 48.2 Å². The largest absolute Gasteiger partial charge is 0.391 e. The van der Waals surface area contributed by atoms with E-state index in [1.807, 2.05) is 76.5 Å². The summed E-state index contributed by atoms with van der Waals surface area (Å²) in [4.78, 5) is 77.9. The maximum Gasteiger partial charge on any atom is 0.246 e. The molecule has 5 heterocycles. The van der Waals surface area contributed by atoms with Crippen LogP contribution in [-0.2, 0) is 19.2 Å². The fraction of sp³-hybridized carbons (Fsp3) is 0.589. The number of anilines is 3. The van der Waals surface area contributed by atoms with E-state index in [4.69, 9.17) is 23.1 Å². The van der Waals surface area contributed by atoms with Crippen LogP contribution in [-0.4, -0.2) is 141 Å². The smallest absolute Gasteiger partial charge is 0.246 e. The second-order valence-corrected chi connectivity index (χ2v) is 24.7. The van der Waals surface area contributed by atoms with Gasteiger partial charge in [0.2, 0.25) is 23.6 Å². The normalized spacial score (nSPS) is 19.1. The second-order valence-electron chi connectivity index (χ2n) is 22.4. The van der Waals surface area contributed by atoms with Gasteiger partial charge in [-0.25, -0.2) is 15.0 Å². The molecule has 20 heteroatoms. The molecule has 3 fully saturated rings. The molecule has 17 nitrogen and oxygen atoms in total. The molecule has 3 aliphatic heterocycles. The van der Waals surface area contributed by atoms with Gasteiger partial charge in [-0.2, -0.15) is 0 Å². The molecule has 8 N–H and O–H groups in total. The number of nitrogen functional groups attached to an aromatic ring is 1. The van der Waals surface area contributed by atoms with Crippen LogP contribution in [0, 0.1) is 12.3 Å². The van der Waals surface area contributed by atoms with Crippen molar-refractivity contribution in [3.63, 3.8) is 0 Å². The molecule has 4 aromatic rings. The molecule has 0 bridgehead atoms. The number of carbonyl (C=O) groups excluding carboxylic acids is 4. The van der Waals surface area contributed by atoms with E-state index in [1.165, 1.54) is 29.5 Å². The Morgan fingerprint density at radius 2 is 1.55 bits per heavy atom. The van der Waals surface area contributed by atoms with Gasteiger partial charge in [0.1, 0.15) is 22.9 Å². The SMILES string of the molecule is Cc1ncsc1-c1ccc([C@H](C)NC(=O)[C@@H]2C[C@@H](O)CN2C(=O)[C@@H](NC(=O)CCCCCCCCCCN2CCN(CC(=O)Nc3cccc(Sc4ncc(N5CCC(C)(N)CC5)nc4N)c3Cl)CC2)C(C)(C)C)cc1. The van der Waals surface area contributed by atoms with Crippen molar-refractivity contribution in [3.8, 4) is 10.4 Å². The van der Waals surface area contributed by atoms with E-state index in [0.29, 0.717) is 34.5 Å². The predicted molar refractivity (Wildman–Crippen MR) is 305 cm³/mol. The van der Waals surface area contributed by atoms with Crippen LogP contribution < -0.4 is 32.3 Å². The molecule has 0 unspecified atom stereocenters. The molecule has 7 rings (SSSR count). The lowest BCUT2D eigenvalue weighted by atomic mass is 9.85. The van der Waals surface area contributed by atoms with Gasteiger partial charge >= 0.3 is 0 Å². The number of aromatic nitrogens is 3. The van der Waals surface area contributed by atoms with Crippen LogP contribution in [0.1, 0.15) is 129 Å². The number of piperazine rings is 1. The number of halogens is 1. The summed E-state index contributed by atoms with van der Waals surface area (Å²) in [5, 5.41) is 20.7. The number of nitrogens with one attached hydrogen (secondary N) is 3. The first-order valence-electron chi connectivity index (χ1n) is 27.2. The summed E-state index contributed by atoms with van der Waals surface area (Å²) in [5.74, 6) is 0.0961. The van der Waals surface area contributed by atoms with Gasteiger partial charge < -0.3 is 47.2 Å². The Kier molecular flexibility index (Phi) is 21.0. The van der Waals surface area contributed by atoms with Gasteiger partial charge in [0.05, 0.1) is 51.7 Å². The van der Waals surface area contributed by atoms with E-state index in [2.05, 4.69) is 52.5 Å². The van der Waals surface area contributed by atoms with Crippen molar-refractivity contribution in [2.75, 3.05) is 74.9 Å². The third-order valence-corrected chi connectivity index (χ3v) is 17.5. The number of piperidine rings is 1. The zero-order valence-corrected chi connectivity index (χ0v) is 47.8. The number of benzene rings is 2. The van der Waals surface area contributed by atoms with Gasteiger partial charge in [-0.05, 0) is 81.7 Å². The quantitative estimate of drug-likeness (QED) is 0.0387. The molecule has 0 spiro atoms. The van der Waals surface area contributed by atoms with Gasteiger partial charge in [-0.15, -0.1) is 11.3 Å². The van der Waals surface area contributed by atoms with Crippen molar-refractivity contribution >= 4 is 75.7 Å². The van der Waals surface area contributed by atoms with E-state index in [0.717, 1.165) is 130 Å². The number of nitrogens with zero attached hydrogens (tertiary/aromatic N) is 7. The predicted octanol–water partition coefficient (Wildman–Crippen LogP) is 8.05. The fourth-order valence-electron chi connectivity index (χ4n) is 10.1. The molecular formula is C56H81ClN12O5S2. The van der Waals surface area contributed by atoms with Crippen LogP contribution in [0.3, 0.4) is 0 Å². The Labute approximate surface area is 463 Å². The second kappa shape index (κ2) is 27.1. The summed E-state index contributed by atoms with van der Waals surface area (Å²) >= 11 is 9.72. The molecular weight excluding hydrogens is 1020 g/mol. The molecule has 2 aromatic carbocycles. The molecule has 0 saturated carbocycles. The monoisotopic (exact) mass is 1100 g/mol. The van der Waals surface area contributed by atoms with Crippen molar-refractivity contribution in [1.29, 1.82) is 0 Å². The van der Waals surface area contributed by atoms with Crippen LogP contribution >= 0.6 is 34.7 Å². The fourth-order valence-corrected chi connectivity index (χ4v) is 12.1. The highest BCUT2D eigenvalue weighted by molar-refractivity contribution is 7.99. The summed E-state index contributed by atoms with van der Waals surface area (Å²) in [5.41, 5.74) is 17.2. The molecule has 76 heavy (non-hydrogen) atoms. The summed E-state index contributed by atoms with van der Waals surface area (Å²) in [6, 6.07) is 11.5. The zero-order chi connectivity index (χ0) is 54.6. The first-order valence-corrected chi connectivity index (χ1v) is 29.3. The van der Waals surface area contributed by atoms with E-state index < -0.39 is 23.6 Å². The van der Waals surface area contributed by atoms with Gasteiger partial charge in [0.25, 0.3) is 0 Å². The number of β-amino-alcohol motifs (C(OH)–C–C–N with tert-alkyl or cyclic N) is 1. The molecule has 0 radical (unpaired) electrons. The van der Waals surface area contributed by atoms with Crippen molar-refractivity contribution in [1.82, 2.24) is 40.3 Å². The summed E-state index contributed by atoms with van der Waals surface area (Å²) in [6.45, 7) is 18.2. The van der Waals surface area contributed by atoms with Crippen molar-refractivity contribution < 1.29 is 24.3 Å². The zero-order valence-electron chi connectivity index (χ0n) is 45.4. The molecule has 3 aliphatic rings. The van der Waals surface area contributed by atoms with Crippen LogP contribution in [0.2, 0.25) is 5.02 Å². The Morgan fingerprint density at radius 3 is 2.20 bits per heavy atom. The summed E-state index contributed by atoms with van der Waals surface area (Å²) in [6.07, 6.45) is 11.6. The highest BCUT2D eigenvalue weighted by Crippen LogP contribution is 2.39. The summed E-state index contributed by atoms with van der Waals surface area (Å²) in [7, 11) is 0. The molecule has 2 aromatic heterocycles. The van der Waals surface area contributed by atoms with Gasteiger partial charge in [0.15, 0.2) is 5.82 Å². The number of hydrogen-bond donors (Lipinski definition) is 6. The number of aliphatic hydroxyl groups is 1. The average Bonchev–Trinajstić information content (AvgIpc) is 4.00. The molecule has 0 aliphatic carbocycles. The summed E-state index contributed by atoms with van der Waals surface area (Å²) < 4.78 is 0. The standard InChI is InChI=1S/C56H81ClN12O5S2/c1-37(39-19-21-40(22-20-39)49-38(2)61-36-75-49)62-52(73)43-32-41(70)34-69(43)54(74)50(55(3,4)5)65-46(71)18-13-11-9-7-8-10-12-14-25-66-28-30-67(31-29-66)35-47(72)63-42-16-15-17-44(48(42)57)76-53-51(58)64-45(33-60-53)68-26-23-56(6,59)24-27-68/h15-17,19-22,33,36-37,41,43,50,70H,7-14,18,23-32,34-35,59H2,1-6H3,(H2,58,64)(H,62,73)(H,63,72)(H,65,71)/t37-,41+,43-,50+/m0/s1. The van der Waals surface area contributed by atoms with E-state index in [1.54, 1.807) is 23.6 Å². The van der Waals surface area contributed by atoms with Crippen molar-refractivity contribution in [3.05, 3.63) is 70.5 Å². The number of carbonyl (C=O) groups is 4. The number of aliphatic hydroxyl groups excluding tert-OH is 1. The average molecular weight is 1100 g/mol. The number of likely N-dealkylation sites (tertiary alicyclic amines) is 1. The van der Waals surface area contributed by atoms with Gasteiger partial charge in [-0.1, -0.05) is 113 Å². The Bertz CT molecular complexity index is 2580. The van der Waals surface area contributed by atoms with Crippen molar-refractivity contribution in [2.45, 2.75) is 158 Å². The number of unbranched alkanes of at least 4 members (excludes halogenated alkanes) is 7. The Hall–Kier alpha value is -4.89. The third-order valence-electron chi connectivity index (χ3n) is 14.9. The van der Waals surface area contributed by atoms with E-state index >= 15 is 0 Å². The number of hydrogen-bond acceptors (Lipinski definition) is 15. The molecule has 4 amide bonds. The maximum atomic E-state index is 14.1. The highest BCUT2D eigenvalue weighted by Gasteiger charge is 2.45. The third kappa shape index (κ3) is 16.6. The minimum absolute atomic E-state index is 0.0332. The Morgan fingerprint density at radius 1 is 0.895 bits per heavy atom. The lowest BCUT2D eigenvalue weighted by molar-refractivity contribution is -0.144. The number of rotatable bonds is 23. The highest BCUT2D eigenvalue weighted by atomic mass is 35.5. The van der Waals surface area contributed by atoms with Crippen LogP contribution in [0.15, 0.2) is 64.1 Å². The number of aryl methyl sites for hydroxylation is 1. The molecule has 3 saturated heterocycles. The first kappa shape index (κ1) is 58.8. The Balaban J connectivity index is 0.733. The minimum Gasteiger partial charge on any atom is -0.391 e. The molecule has 414 valence electrons. The first-order chi connectivity index (χ1) is 36.2. The van der Waals surface area contributed by atoms with Gasteiger partial charge in [-0.3, -0.25) is 24.1 Å².